The van der Waals surface area contributed by atoms with Crippen molar-refractivity contribution in [3.05, 3.63) is 46.2 Å². The van der Waals surface area contributed by atoms with Crippen molar-refractivity contribution in [1.82, 2.24) is 15.1 Å². The van der Waals surface area contributed by atoms with Gasteiger partial charge in [0, 0.05) is 22.6 Å². The summed E-state index contributed by atoms with van der Waals surface area (Å²) in [6.07, 6.45) is 4.63. The van der Waals surface area contributed by atoms with Gasteiger partial charge in [-0.3, -0.25) is 0 Å². The molecule has 106 valence electrons. The largest absolute Gasteiger partial charge is 0.310 e. The third kappa shape index (κ3) is 2.81. The summed E-state index contributed by atoms with van der Waals surface area (Å²) in [5, 5.41) is 8.20. The van der Waals surface area contributed by atoms with Gasteiger partial charge in [-0.15, -0.1) is 0 Å². The van der Waals surface area contributed by atoms with E-state index in [1.807, 2.05) is 18.3 Å². The van der Waals surface area contributed by atoms with Gasteiger partial charge in [-0.25, -0.2) is 4.68 Å². The van der Waals surface area contributed by atoms with E-state index in [0.717, 1.165) is 22.7 Å². The first kappa shape index (κ1) is 13.8. The Morgan fingerprint density at radius 2 is 2.10 bits per heavy atom. The number of hydrogen-bond acceptors (Lipinski definition) is 2. The van der Waals surface area contributed by atoms with Crippen molar-refractivity contribution >= 4 is 15.9 Å². The summed E-state index contributed by atoms with van der Waals surface area (Å²) >= 11 is 3.62. The molecule has 1 aromatic carbocycles. The molecule has 3 nitrogen and oxygen atoms in total. The Morgan fingerprint density at radius 1 is 1.35 bits per heavy atom. The quantitative estimate of drug-likeness (QED) is 0.895. The minimum absolute atomic E-state index is 0.445. The van der Waals surface area contributed by atoms with E-state index in [1.165, 1.54) is 24.1 Å². The lowest BCUT2D eigenvalue weighted by atomic mass is 10.1. The lowest BCUT2D eigenvalue weighted by molar-refractivity contribution is 0.665. The van der Waals surface area contributed by atoms with Crippen molar-refractivity contribution in [2.24, 2.45) is 0 Å². The van der Waals surface area contributed by atoms with E-state index in [-0.39, 0.29) is 0 Å². The molecular weight excluding hydrogens is 314 g/mol. The van der Waals surface area contributed by atoms with E-state index in [4.69, 9.17) is 0 Å². The summed E-state index contributed by atoms with van der Waals surface area (Å²) in [6.45, 7) is 5.37. The van der Waals surface area contributed by atoms with Gasteiger partial charge < -0.3 is 5.32 Å². The van der Waals surface area contributed by atoms with Gasteiger partial charge in [0.15, 0.2) is 0 Å². The van der Waals surface area contributed by atoms with Gasteiger partial charge in [0.1, 0.15) is 0 Å². The molecule has 3 rings (SSSR count). The molecule has 1 heterocycles. The SMILES string of the molecule is CC(C)c1c(CNC2CC2)cnn1-c1ccccc1Br. The van der Waals surface area contributed by atoms with E-state index >= 15 is 0 Å². The lowest BCUT2D eigenvalue weighted by Crippen LogP contribution is -2.17. The van der Waals surface area contributed by atoms with Crippen LogP contribution >= 0.6 is 15.9 Å². The second-order valence-corrected chi connectivity index (χ2v) is 6.58. The monoisotopic (exact) mass is 333 g/mol. The first-order valence-electron chi connectivity index (χ1n) is 7.22. The molecule has 1 saturated carbocycles. The number of rotatable bonds is 5. The molecule has 0 amide bonds. The molecule has 0 spiro atoms. The Hall–Kier alpha value is -1.13. The van der Waals surface area contributed by atoms with Crippen LogP contribution in [0.2, 0.25) is 0 Å². The van der Waals surface area contributed by atoms with E-state index < -0.39 is 0 Å². The third-order valence-electron chi connectivity index (χ3n) is 3.67. The maximum atomic E-state index is 4.61. The molecule has 0 atom stereocenters. The van der Waals surface area contributed by atoms with Gasteiger partial charge in [0.05, 0.1) is 17.6 Å². The number of hydrogen-bond donors (Lipinski definition) is 1. The zero-order valence-corrected chi connectivity index (χ0v) is 13.5. The van der Waals surface area contributed by atoms with Crippen LogP contribution in [-0.2, 0) is 6.54 Å². The van der Waals surface area contributed by atoms with E-state index in [2.05, 4.69) is 57.0 Å². The molecule has 0 unspecified atom stereocenters. The van der Waals surface area contributed by atoms with Gasteiger partial charge in [-0.1, -0.05) is 26.0 Å². The molecule has 1 fully saturated rings. The molecule has 1 aliphatic carbocycles. The average Bonchev–Trinajstić information content (AvgIpc) is 3.15. The Labute approximate surface area is 128 Å². The standard InChI is InChI=1S/C16H20BrN3/c1-11(2)16-12(9-18-13-7-8-13)10-19-20(16)15-6-4-3-5-14(15)17/h3-6,10-11,13,18H,7-9H2,1-2H3. The fourth-order valence-corrected chi connectivity index (χ4v) is 2.95. The van der Waals surface area contributed by atoms with Gasteiger partial charge in [0.25, 0.3) is 0 Å². The van der Waals surface area contributed by atoms with Crippen molar-refractivity contribution in [2.75, 3.05) is 0 Å². The van der Waals surface area contributed by atoms with Crippen molar-refractivity contribution in [3.63, 3.8) is 0 Å². The first-order valence-corrected chi connectivity index (χ1v) is 8.01. The molecule has 20 heavy (non-hydrogen) atoms. The normalized spacial score (nSPS) is 15.0. The topological polar surface area (TPSA) is 29.9 Å². The average molecular weight is 334 g/mol. The summed E-state index contributed by atoms with van der Waals surface area (Å²) in [6, 6.07) is 8.96. The summed E-state index contributed by atoms with van der Waals surface area (Å²) in [7, 11) is 0. The predicted octanol–water partition coefficient (Wildman–Crippen LogP) is 4.01. The van der Waals surface area contributed by atoms with Gasteiger partial charge >= 0.3 is 0 Å². The minimum atomic E-state index is 0.445. The predicted molar refractivity (Wildman–Crippen MR) is 85.2 cm³/mol. The molecule has 4 heteroatoms. The highest BCUT2D eigenvalue weighted by molar-refractivity contribution is 9.10. The van der Waals surface area contributed by atoms with Gasteiger partial charge in [-0.2, -0.15) is 5.10 Å². The highest BCUT2D eigenvalue weighted by atomic mass is 79.9. The van der Waals surface area contributed by atoms with Crippen molar-refractivity contribution in [1.29, 1.82) is 0 Å². The van der Waals surface area contributed by atoms with Crippen LogP contribution in [0.1, 0.15) is 43.9 Å². The molecule has 0 aliphatic heterocycles. The molecule has 0 bridgehead atoms. The second kappa shape index (κ2) is 5.70. The zero-order chi connectivity index (χ0) is 14.1. The third-order valence-corrected chi connectivity index (χ3v) is 4.34. The van der Waals surface area contributed by atoms with Crippen LogP contribution in [0.4, 0.5) is 0 Å². The Balaban J connectivity index is 1.95. The highest BCUT2D eigenvalue weighted by Gasteiger charge is 2.22. The second-order valence-electron chi connectivity index (χ2n) is 5.73. The van der Waals surface area contributed by atoms with Crippen molar-refractivity contribution < 1.29 is 0 Å². The van der Waals surface area contributed by atoms with Crippen LogP contribution in [0, 0.1) is 0 Å². The van der Waals surface area contributed by atoms with E-state index in [0.29, 0.717) is 5.92 Å². The molecule has 1 aliphatic rings. The van der Waals surface area contributed by atoms with Crippen LogP contribution in [0.15, 0.2) is 34.9 Å². The maximum Gasteiger partial charge on any atom is 0.0790 e. The lowest BCUT2D eigenvalue weighted by Gasteiger charge is -2.14. The van der Waals surface area contributed by atoms with Crippen molar-refractivity contribution in [2.45, 2.75) is 45.2 Å². The molecule has 1 N–H and O–H groups in total. The molecular formula is C16H20BrN3. The summed E-state index contributed by atoms with van der Waals surface area (Å²) in [4.78, 5) is 0. The van der Waals surface area contributed by atoms with Gasteiger partial charge in [0.2, 0.25) is 0 Å². The number of nitrogens with zero attached hydrogens (tertiary/aromatic N) is 2. The molecule has 1 aromatic heterocycles. The summed E-state index contributed by atoms with van der Waals surface area (Å²) in [5.41, 5.74) is 3.71. The first-order chi connectivity index (χ1) is 9.66. The molecule has 0 radical (unpaired) electrons. The fraction of sp³-hybridized carbons (Fsp3) is 0.438. The minimum Gasteiger partial charge on any atom is -0.310 e. The van der Waals surface area contributed by atoms with Crippen molar-refractivity contribution in [3.8, 4) is 5.69 Å². The van der Waals surface area contributed by atoms with E-state index in [9.17, 15) is 0 Å². The molecule has 2 aromatic rings. The van der Waals surface area contributed by atoms with Gasteiger partial charge in [-0.05, 0) is 46.8 Å². The van der Waals surface area contributed by atoms with Crippen LogP contribution < -0.4 is 5.32 Å². The number of benzene rings is 1. The number of aromatic nitrogens is 2. The van der Waals surface area contributed by atoms with Crippen LogP contribution in [0.25, 0.3) is 5.69 Å². The van der Waals surface area contributed by atoms with Crippen LogP contribution in [0.3, 0.4) is 0 Å². The zero-order valence-electron chi connectivity index (χ0n) is 11.9. The number of halogens is 1. The Bertz CT molecular complexity index is 600. The maximum absolute atomic E-state index is 4.61. The molecule has 0 saturated heterocycles. The van der Waals surface area contributed by atoms with E-state index in [1.54, 1.807) is 0 Å². The smallest absolute Gasteiger partial charge is 0.0790 e. The van der Waals surface area contributed by atoms with Crippen LogP contribution in [0.5, 0.6) is 0 Å². The highest BCUT2D eigenvalue weighted by Crippen LogP contribution is 2.28. The van der Waals surface area contributed by atoms with Crippen LogP contribution in [-0.4, -0.2) is 15.8 Å². The Kier molecular flexibility index (Phi) is 3.94. The summed E-state index contributed by atoms with van der Waals surface area (Å²) < 4.78 is 3.14. The summed E-state index contributed by atoms with van der Waals surface area (Å²) in [5.74, 6) is 0.445. The number of nitrogens with one attached hydrogen (secondary N) is 1. The fourth-order valence-electron chi connectivity index (χ4n) is 2.50. The number of para-hydroxylation sites is 1. The Morgan fingerprint density at radius 3 is 2.75 bits per heavy atom.